The topological polar surface area (TPSA) is 23.6 Å². The van der Waals surface area contributed by atoms with Crippen LogP contribution >= 0.6 is 31.9 Å². The first-order valence-corrected chi connectivity index (χ1v) is 11.3. The molecule has 0 spiro atoms. The number of nitrogens with zero attached hydrogens (tertiary/aromatic N) is 2. The fraction of sp³-hybridized carbons (Fsp3) is 0.435. The van der Waals surface area contributed by atoms with Crippen LogP contribution in [0.4, 0.5) is 0 Å². The van der Waals surface area contributed by atoms with E-state index < -0.39 is 0 Å². The lowest BCUT2D eigenvalue weighted by molar-refractivity contribution is -0.132. The fourth-order valence-electron chi connectivity index (χ4n) is 4.24. The maximum absolute atomic E-state index is 13.2. The molecule has 0 radical (unpaired) electrons. The lowest BCUT2D eigenvalue weighted by Gasteiger charge is -2.42. The van der Waals surface area contributed by atoms with Crippen LogP contribution in [0.5, 0.6) is 0 Å². The molecule has 0 unspecified atom stereocenters. The quantitative estimate of drug-likeness (QED) is 0.531. The van der Waals surface area contributed by atoms with Gasteiger partial charge in [-0.05, 0) is 74.8 Å². The first-order chi connectivity index (χ1) is 13.3. The zero-order valence-corrected chi connectivity index (χ0v) is 20.0. The Morgan fingerprint density at radius 1 is 1.11 bits per heavy atom. The second-order valence-corrected chi connectivity index (χ2v) is 9.93. The van der Waals surface area contributed by atoms with Gasteiger partial charge in [-0.1, -0.05) is 56.1 Å². The van der Waals surface area contributed by atoms with E-state index in [1.165, 1.54) is 11.1 Å². The van der Waals surface area contributed by atoms with Gasteiger partial charge >= 0.3 is 0 Å². The van der Waals surface area contributed by atoms with Gasteiger partial charge in [0.2, 0.25) is 5.91 Å². The average Bonchev–Trinajstić information content (AvgIpc) is 2.63. The van der Waals surface area contributed by atoms with Crippen LogP contribution in [0.2, 0.25) is 0 Å². The van der Waals surface area contributed by atoms with Crippen molar-refractivity contribution in [3.8, 4) is 0 Å². The lowest BCUT2D eigenvalue weighted by atomic mass is 9.69. The van der Waals surface area contributed by atoms with Crippen LogP contribution in [0.15, 0.2) is 51.4 Å². The second kappa shape index (κ2) is 9.10. The summed E-state index contributed by atoms with van der Waals surface area (Å²) in [6.45, 7) is 4.84. The van der Waals surface area contributed by atoms with E-state index in [1.54, 1.807) is 0 Å². The van der Waals surface area contributed by atoms with Gasteiger partial charge in [-0.15, -0.1) is 0 Å². The molecule has 1 amide bonds. The Morgan fingerprint density at radius 3 is 2.32 bits per heavy atom. The largest absolute Gasteiger partial charge is 0.341 e. The molecular formula is C23H28Br2N2O. The van der Waals surface area contributed by atoms with Crippen molar-refractivity contribution in [3.63, 3.8) is 0 Å². The van der Waals surface area contributed by atoms with E-state index in [-0.39, 0.29) is 11.3 Å². The number of aryl methyl sites for hydroxylation is 1. The molecule has 2 aromatic carbocycles. The predicted molar refractivity (Wildman–Crippen MR) is 123 cm³/mol. The molecule has 0 N–H and O–H groups in total. The first kappa shape index (κ1) is 21.5. The van der Waals surface area contributed by atoms with Gasteiger partial charge in [0.05, 0.1) is 0 Å². The van der Waals surface area contributed by atoms with Crippen molar-refractivity contribution >= 4 is 37.8 Å². The number of carbonyl (C=O) groups is 1. The molecule has 1 aliphatic heterocycles. The summed E-state index contributed by atoms with van der Waals surface area (Å²) in [5.74, 6) is 0.212. The molecule has 0 aromatic heterocycles. The number of amides is 1. The van der Waals surface area contributed by atoms with Gasteiger partial charge in [-0.2, -0.15) is 0 Å². The minimum absolute atomic E-state index is 0.0684. The highest BCUT2D eigenvalue weighted by atomic mass is 79.9. The smallest absolute Gasteiger partial charge is 0.223 e. The molecule has 28 heavy (non-hydrogen) atoms. The third-order valence-electron chi connectivity index (χ3n) is 5.92. The first-order valence-electron chi connectivity index (χ1n) is 9.73. The van der Waals surface area contributed by atoms with Crippen LogP contribution in [-0.4, -0.2) is 42.9 Å². The molecule has 3 rings (SSSR count). The van der Waals surface area contributed by atoms with Gasteiger partial charge in [0, 0.05) is 34.4 Å². The van der Waals surface area contributed by atoms with E-state index in [1.807, 2.05) is 18.0 Å². The van der Waals surface area contributed by atoms with E-state index in [4.69, 9.17) is 0 Å². The monoisotopic (exact) mass is 506 g/mol. The van der Waals surface area contributed by atoms with Gasteiger partial charge in [0.1, 0.15) is 0 Å². The Morgan fingerprint density at radius 2 is 1.71 bits per heavy atom. The summed E-state index contributed by atoms with van der Waals surface area (Å²) >= 11 is 7.07. The predicted octanol–water partition coefficient (Wildman–Crippen LogP) is 5.53. The molecule has 1 fully saturated rings. The van der Waals surface area contributed by atoms with Gasteiger partial charge < -0.3 is 9.80 Å². The van der Waals surface area contributed by atoms with Crippen molar-refractivity contribution in [1.29, 1.82) is 0 Å². The number of carbonyl (C=O) groups excluding carboxylic acids is 1. The number of hydrogen-bond donors (Lipinski definition) is 0. The highest BCUT2D eigenvalue weighted by molar-refractivity contribution is 9.11. The molecule has 0 saturated carbocycles. The maximum atomic E-state index is 13.2. The summed E-state index contributed by atoms with van der Waals surface area (Å²) in [6.07, 6.45) is 2.62. The Kier molecular flexibility index (Phi) is 7.00. The van der Waals surface area contributed by atoms with Crippen molar-refractivity contribution < 1.29 is 4.79 Å². The number of likely N-dealkylation sites (tertiary alicyclic amines) is 1. The second-order valence-electron chi connectivity index (χ2n) is 8.10. The van der Waals surface area contributed by atoms with E-state index in [2.05, 4.69) is 87.1 Å². The summed E-state index contributed by atoms with van der Waals surface area (Å²) in [6, 6.07) is 14.7. The minimum atomic E-state index is -0.0684. The minimum Gasteiger partial charge on any atom is -0.341 e. The lowest BCUT2D eigenvalue weighted by Crippen LogP contribution is -2.44. The molecule has 1 saturated heterocycles. The third-order valence-corrected chi connectivity index (χ3v) is 6.83. The molecule has 0 atom stereocenters. The molecule has 1 aliphatic rings. The van der Waals surface area contributed by atoms with Crippen LogP contribution in [-0.2, 0) is 16.8 Å². The van der Waals surface area contributed by atoms with Gasteiger partial charge in [-0.25, -0.2) is 0 Å². The van der Waals surface area contributed by atoms with Crippen molar-refractivity contribution in [2.75, 3.05) is 27.2 Å². The van der Waals surface area contributed by atoms with Crippen LogP contribution in [0.25, 0.3) is 0 Å². The molecule has 3 nitrogen and oxygen atoms in total. The van der Waals surface area contributed by atoms with Crippen LogP contribution < -0.4 is 0 Å². The molecule has 150 valence electrons. The van der Waals surface area contributed by atoms with Crippen molar-refractivity contribution in [1.82, 2.24) is 9.80 Å². The third kappa shape index (κ3) is 5.05. The van der Waals surface area contributed by atoms with Crippen molar-refractivity contribution in [3.05, 3.63) is 68.1 Å². The molecule has 2 aromatic rings. The van der Waals surface area contributed by atoms with E-state index in [0.717, 1.165) is 40.4 Å². The highest BCUT2D eigenvalue weighted by Gasteiger charge is 2.38. The standard InChI is InChI=1S/C23H28Br2N2O/c1-17-6-4-5-7-21(17)23(8-10-26(2)11-9-23)15-22(28)27(3)16-18-12-19(24)14-20(25)13-18/h4-7,12-14H,8-11,15-16H2,1-3H3. The van der Waals surface area contributed by atoms with Crippen LogP contribution in [0, 0.1) is 6.92 Å². The molecule has 0 bridgehead atoms. The number of benzene rings is 2. The number of piperidine rings is 1. The Labute approximate surface area is 185 Å². The highest BCUT2D eigenvalue weighted by Crippen LogP contribution is 2.40. The SMILES string of the molecule is Cc1ccccc1C1(CC(=O)N(C)Cc2cc(Br)cc(Br)c2)CCN(C)CC1. The zero-order valence-electron chi connectivity index (χ0n) is 16.8. The summed E-state index contributed by atoms with van der Waals surface area (Å²) in [5, 5.41) is 0. The van der Waals surface area contributed by atoms with Gasteiger partial charge in [-0.3, -0.25) is 4.79 Å². The molecule has 0 aliphatic carbocycles. The number of hydrogen-bond acceptors (Lipinski definition) is 2. The maximum Gasteiger partial charge on any atom is 0.223 e. The fourth-order valence-corrected chi connectivity index (χ4v) is 5.63. The number of halogens is 2. The van der Waals surface area contributed by atoms with Gasteiger partial charge in [0.15, 0.2) is 0 Å². The molecule has 5 heteroatoms. The Hall–Kier alpha value is -1.17. The Bertz CT molecular complexity index is 824. The zero-order chi connectivity index (χ0) is 20.3. The normalized spacial score (nSPS) is 16.8. The summed E-state index contributed by atoms with van der Waals surface area (Å²) in [7, 11) is 4.08. The summed E-state index contributed by atoms with van der Waals surface area (Å²) in [5.41, 5.74) is 3.68. The average molecular weight is 508 g/mol. The molecule has 1 heterocycles. The van der Waals surface area contributed by atoms with E-state index >= 15 is 0 Å². The van der Waals surface area contributed by atoms with E-state index in [9.17, 15) is 4.79 Å². The van der Waals surface area contributed by atoms with Crippen LogP contribution in [0.1, 0.15) is 36.0 Å². The Balaban J connectivity index is 1.80. The van der Waals surface area contributed by atoms with Crippen LogP contribution in [0.3, 0.4) is 0 Å². The molecular weight excluding hydrogens is 480 g/mol. The van der Waals surface area contributed by atoms with Gasteiger partial charge in [0.25, 0.3) is 0 Å². The van der Waals surface area contributed by atoms with Crippen molar-refractivity contribution in [2.45, 2.75) is 38.1 Å². The van der Waals surface area contributed by atoms with Crippen molar-refractivity contribution in [2.24, 2.45) is 0 Å². The summed E-state index contributed by atoms with van der Waals surface area (Å²) in [4.78, 5) is 17.5. The summed E-state index contributed by atoms with van der Waals surface area (Å²) < 4.78 is 2.04. The number of rotatable bonds is 5. The van der Waals surface area contributed by atoms with E-state index in [0.29, 0.717) is 13.0 Å².